The Balaban J connectivity index is 1.65. The Morgan fingerprint density at radius 1 is 1.00 bits per heavy atom. The Hall–Kier alpha value is -2.85. The van der Waals surface area contributed by atoms with Crippen molar-refractivity contribution in [1.29, 1.82) is 0 Å². The summed E-state index contributed by atoms with van der Waals surface area (Å²) in [6.07, 6.45) is 2.15. The SMILES string of the molecule is CC1(C)CCN2CCC(C)(C)c3c2c1cc1cc(-c2ccc4c(Cl)cccc4n2)c(=O)oc31. The van der Waals surface area contributed by atoms with Crippen LogP contribution >= 0.6 is 11.6 Å². The normalized spacial score (nSPS) is 18.5. The average Bonchev–Trinajstić information content (AvgIpc) is 2.76. The van der Waals surface area contributed by atoms with Crippen LogP contribution in [0.25, 0.3) is 33.1 Å². The molecule has 5 heteroatoms. The van der Waals surface area contributed by atoms with E-state index in [0.29, 0.717) is 16.3 Å². The van der Waals surface area contributed by atoms with Crippen LogP contribution in [0.4, 0.5) is 5.69 Å². The molecule has 0 atom stereocenters. The lowest BCUT2D eigenvalue weighted by Gasteiger charge is -2.48. The number of benzene rings is 2. The maximum atomic E-state index is 13.3. The van der Waals surface area contributed by atoms with Gasteiger partial charge in [-0.25, -0.2) is 9.78 Å². The van der Waals surface area contributed by atoms with E-state index in [2.05, 4.69) is 38.7 Å². The lowest BCUT2D eigenvalue weighted by atomic mass is 9.69. The van der Waals surface area contributed by atoms with Gasteiger partial charge in [0.15, 0.2) is 0 Å². The number of anilines is 1. The Morgan fingerprint density at radius 3 is 2.55 bits per heavy atom. The predicted octanol–water partition coefficient (Wildman–Crippen LogP) is 6.83. The highest BCUT2D eigenvalue weighted by molar-refractivity contribution is 6.35. The summed E-state index contributed by atoms with van der Waals surface area (Å²) in [5.74, 6) is 0. The van der Waals surface area contributed by atoms with Gasteiger partial charge in [0.1, 0.15) is 5.58 Å². The highest BCUT2D eigenvalue weighted by Gasteiger charge is 2.41. The molecule has 2 aromatic heterocycles. The fourth-order valence-electron chi connectivity index (χ4n) is 5.60. The van der Waals surface area contributed by atoms with Gasteiger partial charge in [-0.3, -0.25) is 0 Å². The first-order chi connectivity index (χ1) is 15.7. The van der Waals surface area contributed by atoms with Gasteiger partial charge in [0.05, 0.1) is 16.8 Å². The third-order valence-corrected chi connectivity index (χ3v) is 8.02. The van der Waals surface area contributed by atoms with Crippen molar-refractivity contribution < 1.29 is 4.42 Å². The van der Waals surface area contributed by atoms with Crippen LogP contribution < -0.4 is 10.5 Å². The van der Waals surface area contributed by atoms with Crippen LogP contribution in [0.3, 0.4) is 0 Å². The van der Waals surface area contributed by atoms with E-state index in [1.54, 1.807) is 0 Å². The van der Waals surface area contributed by atoms with Crippen molar-refractivity contribution >= 4 is 39.2 Å². The Labute approximate surface area is 198 Å². The number of aromatic nitrogens is 1. The minimum atomic E-state index is -0.351. The van der Waals surface area contributed by atoms with Gasteiger partial charge in [0, 0.05) is 40.1 Å². The lowest BCUT2D eigenvalue weighted by molar-refractivity contribution is 0.398. The Bertz CT molecular complexity index is 1510. The Kier molecular flexibility index (Phi) is 4.29. The second-order valence-corrected chi connectivity index (χ2v) is 11.2. The molecule has 0 saturated heterocycles. The van der Waals surface area contributed by atoms with E-state index in [1.807, 2.05) is 36.4 Å². The van der Waals surface area contributed by atoms with Crippen LogP contribution in [-0.4, -0.2) is 18.1 Å². The fraction of sp³-hybridized carbons (Fsp3) is 0.357. The van der Waals surface area contributed by atoms with E-state index in [4.69, 9.17) is 21.0 Å². The van der Waals surface area contributed by atoms with Crippen molar-refractivity contribution in [2.24, 2.45) is 0 Å². The zero-order valence-electron chi connectivity index (χ0n) is 19.5. The standard InChI is InChI=1S/C28H27ClN2O2/c1-27(2)10-12-31-13-11-28(3,4)23-24(31)19(27)15-16-14-18(26(32)33-25(16)23)22-9-8-17-20(29)6-5-7-21(17)30-22/h5-9,14-15H,10-13H2,1-4H3. The van der Waals surface area contributed by atoms with Crippen LogP contribution in [-0.2, 0) is 10.8 Å². The van der Waals surface area contributed by atoms with Gasteiger partial charge in [-0.05, 0) is 65.6 Å². The molecular weight excluding hydrogens is 432 g/mol. The minimum Gasteiger partial charge on any atom is -0.422 e. The summed E-state index contributed by atoms with van der Waals surface area (Å²) in [5, 5.41) is 2.49. The van der Waals surface area contributed by atoms with Crippen molar-refractivity contribution in [2.45, 2.75) is 51.4 Å². The van der Waals surface area contributed by atoms with Gasteiger partial charge >= 0.3 is 5.63 Å². The number of nitrogens with zero attached hydrogens (tertiary/aromatic N) is 2. The molecule has 4 aromatic rings. The molecule has 0 radical (unpaired) electrons. The molecule has 0 aliphatic carbocycles. The van der Waals surface area contributed by atoms with Crippen LogP contribution in [0.15, 0.2) is 51.7 Å². The van der Waals surface area contributed by atoms with Crippen molar-refractivity contribution in [3.63, 3.8) is 0 Å². The van der Waals surface area contributed by atoms with Crippen LogP contribution in [0.1, 0.15) is 51.7 Å². The monoisotopic (exact) mass is 458 g/mol. The van der Waals surface area contributed by atoms with Crippen molar-refractivity contribution in [2.75, 3.05) is 18.0 Å². The first-order valence-corrected chi connectivity index (χ1v) is 12.0. The third-order valence-electron chi connectivity index (χ3n) is 7.69. The van der Waals surface area contributed by atoms with Crippen molar-refractivity contribution in [3.8, 4) is 11.3 Å². The summed E-state index contributed by atoms with van der Waals surface area (Å²) in [6, 6.07) is 13.6. The summed E-state index contributed by atoms with van der Waals surface area (Å²) in [4.78, 5) is 20.5. The molecule has 2 aliphatic rings. The van der Waals surface area contributed by atoms with Crippen molar-refractivity contribution in [1.82, 2.24) is 4.98 Å². The molecule has 0 spiro atoms. The number of hydrogen-bond donors (Lipinski definition) is 0. The van der Waals surface area contributed by atoms with E-state index in [0.717, 1.165) is 47.8 Å². The molecule has 0 N–H and O–H groups in total. The number of hydrogen-bond acceptors (Lipinski definition) is 4. The summed E-state index contributed by atoms with van der Waals surface area (Å²) in [6.45, 7) is 11.3. The van der Waals surface area contributed by atoms with E-state index in [-0.39, 0.29) is 16.5 Å². The minimum absolute atomic E-state index is 0.0659. The van der Waals surface area contributed by atoms with Crippen LogP contribution in [0.5, 0.6) is 0 Å². The van der Waals surface area contributed by atoms with Crippen LogP contribution in [0, 0.1) is 0 Å². The fourth-order valence-corrected chi connectivity index (χ4v) is 5.83. The van der Waals surface area contributed by atoms with Gasteiger partial charge in [-0.15, -0.1) is 0 Å². The highest BCUT2D eigenvalue weighted by Crippen LogP contribution is 2.51. The third kappa shape index (κ3) is 3.03. The van der Waals surface area contributed by atoms with E-state index in [9.17, 15) is 4.79 Å². The smallest absolute Gasteiger partial charge is 0.345 e. The topological polar surface area (TPSA) is 46.3 Å². The molecule has 168 valence electrons. The van der Waals surface area contributed by atoms with Gasteiger partial charge < -0.3 is 9.32 Å². The summed E-state index contributed by atoms with van der Waals surface area (Å²) in [5.41, 5.74) is 6.02. The second kappa shape index (κ2) is 6.83. The van der Waals surface area contributed by atoms with Gasteiger partial charge in [-0.1, -0.05) is 45.4 Å². The summed E-state index contributed by atoms with van der Waals surface area (Å²) in [7, 11) is 0. The zero-order valence-corrected chi connectivity index (χ0v) is 20.2. The largest absolute Gasteiger partial charge is 0.422 e. The molecule has 2 aromatic carbocycles. The van der Waals surface area contributed by atoms with Crippen molar-refractivity contribution in [3.05, 3.63) is 69.0 Å². The van der Waals surface area contributed by atoms with Crippen LogP contribution in [0.2, 0.25) is 5.02 Å². The first-order valence-electron chi connectivity index (χ1n) is 11.6. The zero-order chi connectivity index (χ0) is 23.1. The van der Waals surface area contributed by atoms with E-state index < -0.39 is 0 Å². The molecule has 33 heavy (non-hydrogen) atoms. The van der Waals surface area contributed by atoms with Gasteiger partial charge in [0.25, 0.3) is 0 Å². The summed E-state index contributed by atoms with van der Waals surface area (Å²) >= 11 is 6.31. The molecule has 0 amide bonds. The molecule has 4 heterocycles. The first kappa shape index (κ1) is 20.7. The van der Waals surface area contributed by atoms with Gasteiger partial charge in [0.2, 0.25) is 0 Å². The number of fused-ring (bicyclic) bond motifs is 3. The highest BCUT2D eigenvalue weighted by atomic mass is 35.5. The second-order valence-electron chi connectivity index (χ2n) is 10.8. The van der Waals surface area contributed by atoms with E-state index in [1.165, 1.54) is 16.8 Å². The predicted molar refractivity (Wildman–Crippen MR) is 136 cm³/mol. The molecule has 0 bridgehead atoms. The molecule has 0 fully saturated rings. The molecule has 0 unspecified atom stereocenters. The number of pyridine rings is 1. The molecule has 6 rings (SSSR count). The number of rotatable bonds is 1. The molecule has 0 saturated carbocycles. The lowest BCUT2D eigenvalue weighted by Crippen LogP contribution is -2.44. The average molecular weight is 459 g/mol. The maximum absolute atomic E-state index is 13.3. The van der Waals surface area contributed by atoms with E-state index >= 15 is 0 Å². The quantitative estimate of drug-likeness (QED) is 0.293. The molecule has 2 aliphatic heterocycles. The Morgan fingerprint density at radius 2 is 1.76 bits per heavy atom. The number of halogens is 1. The summed E-state index contributed by atoms with van der Waals surface area (Å²) < 4.78 is 6.11. The molecular formula is C28H27ClN2O2. The maximum Gasteiger partial charge on any atom is 0.345 e. The molecule has 4 nitrogen and oxygen atoms in total. The van der Waals surface area contributed by atoms with Gasteiger partial charge in [-0.2, -0.15) is 0 Å².